The summed E-state index contributed by atoms with van der Waals surface area (Å²) in [6, 6.07) is 29.9. The van der Waals surface area contributed by atoms with Crippen molar-refractivity contribution in [1.29, 1.82) is 0 Å². The second-order valence-electron chi connectivity index (χ2n) is 11.5. The van der Waals surface area contributed by atoms with Gasteiger partial charge < -0.3 is 0 Å². The second-order valence-corrected chi connectivity index (χ2v) is 11.5. The lowest BCUT2D eigenvalue weighted by atomic mass is 9.99. The third kappa shape index (κ3) is 4.10. The normalized spacial score (nSPS) is 14.0. The van der Waals surface area contributed by atoms with Gasteiger partial charge in [-0.1, -0.05) is 71.8 Å². The molecule has 44 heavy (non-hydrogen) atoms. The fraction of sp³-hybridized carbons (Fsp3) is 0.105. The van der Waals surface area contributed by atoms with Crippen LogP contribution in [0.3, 0.4) is 0 Å². The topological polar surface area (TPSA) is 74.8 Å². The quantitative estimate of drug-likeness (QED) is 0.204. The van der Waals surface area contributed by atoms with Crippen LogP contribution in [0.4, 0.5) is 11.4 Å². The standard InChI is InChI=1S/C38H28N2O4/c1-21-5-9-25(10-6-21)27-13-15-29-31(19-27)37(43)39(35(29)41)33-17-18-34(24(4)23(33)3)40-36(42)30-16-14-28(20-32(30)38(40)44)26-11-7-22(2)8-12-26/h5-20H,1-4H3. The van der Waals surface area contributed by atoms with Crippen molar-refractivity contribution in [3.05, 3.63) is 142 Å². The molecule has 2 heterocycles. The second kappa shape index (κ2) is 9.99. The average molecular weight is 577 g/mol. The van der Waals surface area contributed by atoms with Crippen molar-refractivity contribution in [3.63, 3.8) is 0 Å². The number of aryl methyl sites for hydroxylation is 2. The largest absolute Gasteiger partial charge is 0.268 e. The summed E-state index contributed by atoms with van der Waals surface area (Å²) in [7, 11) is 0. The molecule has 0 N–H and O–H groups in total. The molecule has 0 unspecified atom stereocenters. The maximum absolute atomic E-state index is 13.7. The van der Waals surface area contributed by atoms with Crippen LogP contribution < -0.4 is 9.80 Å². The molecule has 0 spiro atoms. The molecule has 0 aromatic heterocycles. The minimum atomic E-state index is -0.404. The molecule has 5 aromatic rings. The van der Waals surface area contributed by atoms with Crippen LogP contribution in [0.5, 0.6) is 0 Å². The van der Waals surface area contributed by atoms with Crippen molar-refractivity contribution in [3.8, 4) is 22.3 Å². The zero-order chi connectivity index (χ0) is 30.9. The molecule has 0 saturated carbocycles. The third-order valence-corrected chi connectivity index (χ3v) is 8.75. The van der Waals surface area contributed by atoms with Gasteiger partial charge >= 0.3 is 0 Å². The molecular formula is C38H28N2O4. The van der Waals surface area contributed by atoms with Crippen molar-refractivity contribution in [1.82, 2.24) is 0 Å². The number of imide groups is 2. The fourth-order valence-corrected chi connectivity index (χ4v) is 6.05. The Morgan fingerprint density at radius 1 is 0.364 bits per heavy atom. The average Bonchev–Trinajstić information content (AvgIpc) is 3.42. The van der Waals surface area contributed by atoms with Crippen LogP contribution in [0.25, 0.3) is 22.3 Å². The molecule has 0 atom stereocenters. The summed E-state index contributed by atoms with van der Waals surface area (Å²) in [5.41, 5.74) is 9.38. The van der Waals surface area contributed by atoms with E-state index < -0.39 is 23.6 Å². The highest BCUT2D eigenvalue weighted by atomic mass is 16.2. The van der Waals surface area contributed by atoms with Crippen LogP contribution in [-0.4, -0.2) is 23.6 Å². The van der Waals surface area contributed by atoms with Gasteiger partial charge in [-0.2, -0.15) is 0 Å². The molecule has 0 radical (unpaired) electrons. The molecule has 2 aliphatic heterocycles. The summed E-state index contributed by atoms with van der Waals surface area (Å²) < 4.78 is 0. The van der Waals surface area contributed by atoms with Gasteiger partial charge in [0.05, 0.1) is 33.6 Å². The van der Waals surface area contributed by atoms with Gasteiger partial charge in [0, 0.05) is 0 Å². The number of anilines is 2. The van der Waals surface area contributed by atoms with Crippen molar-refractivity contribution in [2.24, 2.45) is 0 Å². The predicted octanol–water partition coefficient (Wildman–Crippen LogP) is 7.86. The maximum Gasteiger partial charge on any atom is 0.266 e. The zero-order valence-electron chi connectivity index (χ0n) is 24.8. The number of benzene rings is 5. The van der Waals surface area contributed by atoms with Gasteiger partial charge in [-0.25, -0.2) is 9.80 Å². The van der Waals surface area contributed by atoms with Gasteiger partial charge in [0.2, 0.25) is 0 Å². The molecule has 0 bridgehead atoms. The van der Waals surface area contributed by atoms with Crippen LogP contribution in [0, 0.1) is 27.7 Å². The highest BCUT2D eigenvalue weighted by Crippen LogP contribution is 2.39. The summed E-state index contributed by atoms with van der Waals surface area (Å²) in [4.78, 5) is 56.7. The Labute approximate surface area is 255 Å². The third-order valence-electron chi connectivity index (χ3n) is 8.75. The summed E-state index contributed by atoms with van der Waals surface area (Å²) in [5.74, 6) is -1.61. The van der Waals surface area contributed by atoms with E-state index in [1.807, 2.05) is 74.5 Å². The Morgan fingerprint density at radius 2 is 0.682 bits per heavy atom. The lowest BCUT2D eigenvalue weighted by molar-refractivity contribution is 0.0909. The summed E-state index contributed by atoms with van der Waals surface area (Å²) in [6.07, 6.45) is 0. The first-order chi connectivity index (χ1) is 21.1. The Morgan fingerprint density at radius 3 is 1.05 bits per heavy atom. The van der Waals surface area contributed by atoms with Crippen LogP contribution in [0.1, 0.15) is 63.7 Å². The minimum Gasteiger partial charge on any atom is -0.268 e. The van der Waals surface area contributed by atoms with Crippen LogP contribution >= 0.6 is 0 Å². The van der Waals surface area contributed by atoms with E-state index >= 15 is 0 Å². The van der Waals surface area contributed by atoms with Gasteiger partial charge in [-0.3, -0.25) is 19.2 Å². The lowest BCUT2D eigenvalue weighted by Gasteiger charge is -2.23. The smallest absolute Gasteiger partial charge is 0.266 e. The predicted molar refractivity (Wildman–Crippen MR) is 171 cm³/mol. The van der Waals surface area contributed by atoms with E-state index in [9.17, 15) is 19.2 Å². The van der Waals surface area contributed by atoms with Gasteiger partial charge in [0.15, 0.2) is 0 Å². The first-order valence-corrected chi connectivity index (χ1v) is 14.4. The molecule has 0 saturated heterocycles. The molecule has 4 amide bonds. The minimum absolute atomic E-state index is 0.344. The number of rotatable bonds is 4. The van der Waals surface area contributed by atoms with Crippen LogP contribution in [0.15, 0.2) is 97.1 Å². The fourth-order valence-electron chi connectivity index (χ4n) is 6.05. The van der Waals surface area contributed by atoms with Crippen molar-refractivity contribution < 1.29 is 19.2 Å². The number of fused-ring (bicyclic) bond motifs is 2. The monoisotopic (exact) mass is 576 g/mol. The van der Waals surface area contributed by atoms with E-state index in [0.29, 0.717) is 44.8 Å². The van der Waals surface area contributed by atoms with E-state index in [2.05, 4.69) is 0 Å². The summed E-state index contributed by atoms with van der Waals surface area (Å²) in [6.45, 7) is 7.62. The van der Waals surface area contributed by atoms with Gasteiger partial charge in [0.25, 0.3) is 23.6 Å². The zero-order valence-corrected chi connectivity index (χ0v) is 24.8. The Kier molecular flexibility index (Phi) is 6.18. The highest BCUT2D eigenvalue weighted by molar-refractivity contribution is 6.36. The van der Waals surface area contributed by atoms with Crippen molar-refractivity contribution in [2.45, 2.75) is 27.7 Å². The van der Waals surface area contributed by atoms with Crippen LogP contribution in [0.2, 0.25) is 0 Å². The van der Waals surface area contributed by atoms with E-state index in [1.54, 1.807) is 50.2 Å². The first kappa shape index (κ1) is 27.2. The SMILES string of the molecule is Cc1ccc(-c2ccc3c(c2)C(=O)N(c2ccc(N4C(=O)c5ccc(-c6ccc(C)cc6)cc5C4=O)c(C)c2C)C3=O)cc1. The number of nitrogens with zero attached hydrogens (tertiary/aromatic N) is 2. The molecular weight excluding hydrogens is 548 g/mol. The van der Waals surface area contributed by atoms with Gasteiger partial charge in [-0.05, 0) is 97.5 Å². The molecule has 0 fully saturated rings. The Hall–Kier alpha value is -5.62. The molecule has 214 valence electrons. The lowest BCUT2D eigenvalue weighted by Crippen LogP contribution is -2.32. The number of hydrogen-bond acceptors (Lipinski definition) is 4. The molecule has 6 nitrogen and oxygen atoms in total. The summed E-state index contributed by atoms with van der Waals surface area (Å²) in [5, 5.41) is 0. The van der Waals surface area contributed by atoms with Crippen LogP contribution in [-0.2, 0) is 0 Å². The number of carbonyl (C=O) groups is 4. The van der Waals surface area contributed by atoms with E-state index in [-0.39, 0.29) is 0 Å². The van der Waals surface area contributed by atoms with E-state index in [4.69, 9.17) is 0 Å². The Balaban J connectivity index is 1.21. The highest BCUT2D eigenvalue weighted by Gasteiger charge is 2.40. The summed E-state index contributed by atoms with van der Waals surface area (Å²) >= 11 is 0. The number of carbonyl (C=O) groups excluding carboxylic acids is 4. The molecule has 0 aliphatic carbocycles. The maximum atomic E-state index is 13.7. The molecule has 6 heteroatoms. The number of amides is 4. The van der Waals surface area contributed by atoms with Gasteiger partial charge in [0.1, 0.15) is 0 Å². The van der Waals surface area contributed by atoms with E-state index in [0.717, 1.165) is 33.4 Å². The molecule has 2 aliphatic rings. The first-order valence-electron chi connectivity index (χ1n) is 14.4. The molecule has 7 rings (SSSR count). The Bertz CT molecular complexity index is 1920. The van der Waals surface area contributed by atoms with Crippen molar-refractivity contribution in [2.75, 3.05) is 9.80 Å². The van der Waals surface area contributed by atoms with Crippen molar-refractivity contribution >= 4 is 35.0 Å². The van der Waals surface area contributed by atoms with E-state index in [1.165, 1.54) is 9.80 Å². The number of hydrogen-bond donors (Lipinski definition) is 0. The molecule has 5 aromatic carbocycles. The van der Waals surface area contributed by atoms with Gasteiger partial charge in [-0.15, -0.1) is 0 Å².